The first kappa shape index (κ1) is 21.8. The number of hydrogen-bond acceptors (Lipinski definition) is 6. The minimum absolute atomic E-state index is 0.0558. The number of nitrogens with one attached hydrogen (secondary N) is 1. The Morgan fingerprint density at radius 1 is 1.06 bits per heavy atom. The van der Waals surface area contributed by atoms with E-state index in [9.17, 15) is 8.42 Å². The van der Waals surface area contributed by atoms with Crippen molar-refractivity contribution in [3.8, 4) is 11.5 Å². The topological polar surface area (TPSA) is 67.9 Å². The lowest BCUT2D eigenvalue weighted by atomic mass is 9.98. The quantitative estimate of drug-likeness (QED) is 0.556. The normalized spacial score (nSPS) is 15.3. The molecule has 1 aliphatic rings. The van der Waals surface area contributed by atoms with Gasteiger partial charge in [0.2, 0.25) is 10.0 Å². The van der Waals surface area contributed by atoms with Crippen LogP contribution in [0.25, 0.3) is 0 Å². The fourth-order valence-corrected chi connectivity index (χ4v) is 6.02. The van der Waals surface area contributed by atoms with E-state index in [0.717, 1.165) is 24.4 Å². The number of nitrogens with zero attached hydrogens (tertiary/aromatic N) is 1. The van der Waals surface area contributed by atoms with E-state index in [1.807, 2.05) is 11.4 Å². The molecule has 8 heteroatoms. The van der Waals surface area contributed by atoms with Crippen LogP contribution in [0.15, 0.2) is 64.9 Å². The van der Waals surface area contributed by atoms with E-state index in [4.69, 9.17) is 9.47 Å². The van der Waals surface area contributed by atoms with E-state index in [2.05, 4.69) is 40.0 Å². The molecule has 1 aliphatic heterocycles. The number of benzene rings is 2. The minimum Gasteiger partial charge on any atom is -0.497 e. The molecule has 0 amide bonds. The summed E-state index contributed by atoms with van der Waals surface area (Å²) in [6.45, 7) is 1.94. The van der Waals surface area contributed by atoms with Gasteiger partial charge in [-0.2, -0.15) is 0 Å². The first-order valence-corrected chi connectivity index (χ1v) is 12.4. The summed E-state index contributed by atoms with van der Waals surface area (Å²) in [5, 5.41) is 2.03. The molecule has 31 heavy (non-hydrogen) atoms. The Kier molecular flexibility index (Phi) is 6.62. The van der Waals surface area contributed by atoms with Crippen LogP contribution in [0.4, 0.5) is 0 Å². The van der Waals surface area contributed by atoms with E-state index < -0.39 is 10.0 Å². The third-order valence-electron chi connectivity index (χ3n) is 5.60. The molecule has 0 unspecified atom stereocenters. The average Bonchev–Trinajstić information content (AvgIpc) is 3.33. The predicted octanol–water partition coefficient (Wildman–Crippen LogP) is 3.84. The van der Waals surface area contributed by atoms with Crippen LogP contribution in [0.2, 0.25) is 0 Å². The lowest BCUT2D eigenvalue weighted by Crippen LogP contribution is -2.40. The Morgan fingerprint density at radius 3 is 2.58 bits per heavy atom. The van der Waals surface area contributed by atoms with Crippen LogP contribution < -0.4 is 14.2 Å². The van der Waals surface area contributed by atoms with Crippen LogP contribution in [0.1, 0.15) is 22.0 Å². The third kappa shape index (κ3) is 4.77. The van der Waals surface area contributed by atoms with E-state index in [1.54, 1.807) is 23.5 Å². The summed E-state index contributed by atoms with van der Waals surface area (Å²) in [5.41, 5.74) is 2.66. The van der Waals surface area contributed by atoms with Crippen LogP contribution in [0.5, 0.6) is 11.5 Å². The van der Waals surface area contributed by atoms with E-state index in [-0.39, 0.29) is 23.2 Å². The highest BCUT2D eigenvalue weighted by atomic mass is 32.2. The van der Waals surface area contributed by atoms with Gasteiger partial charge in [-0.05, 0) is 41.1 Å². The van der Waals surface area contributed by atoms with Gasteiger partial charge in [0, 0.05) is 30.6 Å². The monoisotopic (exact) mass is 458 g/mol. The summed E-state index contributed by atoms with van der Waals surface area (Å²) in [4.78, 5) is 3.56. The van der Waals surface area contributed by atoms with Crippen molar-refractivity contribution in [2.45, 2.75) is 23.9 Å². The zero-order chi connectivity index (χ0) is 21.8. The molecule has 164 valence electrons. The second kappa shape index (κ2) is 9.40. The molecule has 2 aromatic carbocycles. The molecule has 0 radical (unpaired) electrons. The summed E-state index contributed by atoms with van der Waals surface area (Å²) >= 11 is 1.64. The maximum Gasteiger partial charge on any atom is 0.244 e. The Hall–Kier alpha value is -2.39. The minimum atomic E-state index is -3.80. The fraction of sp³-hybridized carbons (Fsp3) is 0.304. The first-order valence-electron chi connectivity index (χ1n) is 10.1. The smallest absolute Gasteiger partial charge is 0.244 e. The molecule has 0 aliphatic carbocycles. The second-order valence-corrected chi connectivity index (χ2v) is 10.1. The highest BCUT2D eigenvalue weighted by Gasteiger charge is 2.28. The van der Waals surface area contributed by atoms with Crippen molar-refractivity contribution in [3.05, 3.63) is 76.0 Å². The predicted molar refractivity (Wildman–Crippen MR) is 122 cm³/mol. The van der Waals surface area contributed by atoms with E-state index in [1.165, 1.54) is 31.4 Å². The first-order chi connectivity index (χ1) is 15.0. The van der Waals surface area contributed by atoms with Gasteiger partial charge in [0.1, 0.15) is 16.4 Å². The Labute approximate surface area is 187 Å². The summed E-state index contributed by atoms with van der Waals surface area (Å²) in [6.07, 6.45) is 0.953. The fourth-order valence-electron chi connectivity index (χ4n) is 3.93. The van der Waals surface area contributed by atoms with Gasteiger partial charge in [0.25, 0.3) is 0 Å². The molecule has 0 spiro atoms. The van der Waals surface area contributed by atoms with E-state index >= 15 is 0 Å². The zero-order valence-corrected chi connectivity index (χ0v) is 19.2. The summed E-state index contributed by atoms with van der Waals surface area (Å²) in [6, 6.07) is 17.2. The van der Waals surface area contributed by atoms with Gasteiger partial charge in [0.05, 0.1) is 20.3 Å². The van der Waals surface area contributed by atoms with Gasteiger partial charge in [0.15, 0.2) is 0 Å². The zero-order valence-electron chi connectivity index (χ0n) is 17.6. The molecule has 2 heterocycles. The molecular weight excluding hydrogens is 432 g/mol. The number of rotatable bonds is 8. The van der Waals surface area contributed by atoms with Gasteiger partial charge >= 0.3 is 0 Å². The van der Waals surface area contributed by atoms with Crippen molar-refractivity contribution < 1.29 is 17.9 Å². The molecule has 4 rings (SSSR count). The van der Waals surface area contributed by atoms with Gasteiger partial charge in [-0.1, -0.05) is 30.3 Å². The SMILES string of the molecule is COc1ccc(OC)c(S(=O)(=O)NC[C@H](c2cccs2)N2CCc3ccccc3C2)c1. The van der Waals surface area contributed by atoms with Crippen LogP contribution in [0, 0.1) is 0 Å². The maximum absolute atomic E-state index is 13.2. The van der Waals surface area contributed by atoms with Crippen molar-refractivity contribution in [3.63, 3.8) is 0 Å². The van der Waals surface area contributed by atoms with Crippen molar-refractivity contribution in [1.82, 2.24) is 9.62 Å². The molecule has 1 atom stereocenters. The molecule has 0 saturated carbocycles. The van der Waals surface area contributed by atoms with Gasteiger partial charge < -0.3 is 9.47 Å². The molecule has 0 saturated heterocycles. The highest BCUT2D eigenvalue weighted by molar-refractivity contribution is 7.89. The largest absolute Gasteiger partial charge is 0.497 e. The van der Waals surface area contributed by atoms with Crippen LogP contribution >= 0.6 is 11.3 Å². The van der Waals surface area contributed by atoms with Gasteiger partial charge in [-0.3, -0.25) is 4.90 Å². The number of ether oxygens (including phenoxy) is 2. The van der Waals surface area contributed by atoms with Crippen molar-refractivity contribution in [2.75, 3.05) is 27.3 Å². The number of thiophene rings is 1. The van der Waals surface area contributed by atoms with E-state index in [0.29, 0.717) is 5.75 Å². The standard InChI is InChI=1S/C23H26N2O4S2/c1-28-19-9-10-21(29-2)23(14-19)31(26,27)24-15-20(22-8-5-13-30-22)25-12-11-17-6-3-4-7-18(17)16-25/h3-10,13-14,20,24H,11-12,15-16H2,1-2H3/t20-/m1/s1. The Balaban J connectivity index is 1.58. The lowest BCUT2D eigenvalue weighted by molar-refractivity contribution is 0.183. The number of fused-ring (bicyclic) bond motifs is 1. The molecular formula is C23H26N2O4S2. The van der Waals surface area contributed by atoms with Crippen molar-refractivity contribution in [1.29, 1.82) is 0 Å². The summed E-state index contributed by atoms with van der Waals surface area (Å²) in [7, 11) is -0.833. The maximum atomic E-state index is 13.2. The average molecular weight is 459 g/mol. The Bertz CT molecular complexity index is 1130. The third-order valence-corrected chi connectivity index (χ3v) is 8.02. The molecule has 1 aromatic heterocycles. The van der Waals surface area contributed by atoms with Gasteiger partial charge in [-0.25, -0.2) is 13.1 Å². The molecule has 1 N–H and O–H groups in total. The van der Waals surface area contributed by atoms with Crippen LogP contribution in [0.3, 0.4) is 0 Å². The number of methoxy groups -OCH3 is 2. The van der Waals surface area contributed by atoms with Crippen LogP contribution in [-0.2, 0) is 23.0 Å². The lowest BCUT2D eigenvalue weighted by Gasteiger charge is -2.35. The number of sulfonamides is 1. The second-order valence-electron chi connectivity index (χ2n) is 7.39. The molecule has 0 fully saturated rings. The summed E-state index contributed by atoms with van der Waals surface area (Å²) < 4.78 is 39.7. The highest BCUT2D eigenvalue weighted by Crippen LogP contribution is 2.32. The molecule has 6 nitrogen and oxygen atoms in total. The Morgan fingerprint density at radius 2 is 1.87 bits per heavy atom. The van der Waals surface area contributed by atoms with Crippen LogP contribution in [-0.4, -0.2) is 40.6 Å². The molecule has 3 aromatic rings. The van der Waals surface area contributed by atoms with Crippen molar-refractivity contribution >= 4 is 21.4 Å². The van der Waals surface area contributed by atoms with Crippen molar-refractivity contribution in [2.24, 2.45) is 0 Å². The molecule has 0 bridgehead atoms. The number of hydrogen-bond donors (Lipinski definition) is 1. The van der Waals surface area contributed by atoms with Gasteiger partial charge in [-0.15, -0.1) is 11.3 Å². The summed E-state index contributed by atoms with van der Waals surface area (Å²) in [5.74, 6) is 0.747.